The highest BCUT2D eigenvalue weighted by Gasteiger charge is 2.13. The zero-order valence-corrected chi connectivity index (χ0v) is 13.8. The number of aromatic nitrogens is 2. The predicted molar refractivity (Wildman–Crippen MR) is 90.6 cm³/mol. The van der Waals surface area contributed by atoms with Gasteiger partial charge < -0.3 is 10.2 Å². The summed E-state index contributed by atoms with van der Waals surface area (Å²) >= 11 is 0. The van der Waals surface area contributed by atoms with Gasteiger partial charge in [0.2, 0.25) is 0 Å². The number of nitrogens with zero attached hydrogens (tertiary/aromatic N) is 3. The van der Waals surface area contributed by atoms with Gasteiger partial charge in [-0.15, -0.1) is 0 Å². The lowest BCUT2D eigenvalue weighted by molar-refractivity contribution is 0.102. The Morgan fingerprint density at radius 2 is 1.82 bits per heavy atom. The minimum atomic E-state index is -0.118. The molecule has 118 valence electrons. The molecule has 1 heterocycles. The SMILES string of the molecule is CCN(CC)c1ccc(NC(=O)c2cnn(CC)c2C)cc1. The molecule has 0 aliphatic rings. The number of carbonyl (C=O) groups excluding carboxylic acids is 1. The molecular weight excluding hydrogens is 276 g/mol. The van der Waals surface area contributed by atoms with Crippen molar-refractivity contribution >= 4 is 17.3 Å². The molecule has 0 aliphatic heterocycles. The van der Waals surface area contributed by atoms with Crippen LogP contribution in [0.5, 0.6) is 0 Å². The molecule has 1 aromatic heterocycles. The van der Waals surface area contributed by atoms with Crippen molar-refractivity contribution in [2.75, 3.05) is 23.3 Å². The number of aryl methyl sites for hydroxylation is 1. The molecule has 0 bridgehead atoms. The predicted octanol–water partition coefficient (Wildman–Crippen LogP) is 3.31. The van der Waals surface area contributed by atoms with Gasteiger partial charge in [-0.05, 0) is 52.0 Å². The Balaban J connectivity index is 2.10. The standard InChI is InChI=1S/C17H24N4O/c1-5-20(6-2)15-10-8-14(9-11-15)19-17(22)16-12-18-21(7-3)13(16)4/h8-12H,5-7H2,1-4H3,(H,19,22). The molecule has 5 nitrogen and oxygen atoms in total. The van der Waals surface area contributed by atoms with Crippen LogP contribution in [0.25, 0.3) is 0 Å². The van der Waals surface area contributed by atoms with E-state index in [1.165, 1.54) is 0 Å². The van der Waals surface area contributed by atoms with E-state index >= 15 is 0 Å². The topological polar surface area (TPSA) is 50.2 Å². The maximum Gasteiger partial charge on any atom is 0.259 e. The maximum atomic E-state index is 12.3. The fourth-order valence-corrected chi connectivity index (χ4v) is 2.53. The van der Waals surface area contributed by atoms with Crippen molar-refractivity contribution in [3.05, 3.63) is 41.7 Å². The number of anilines is 2. The van der Waals surface area contributed by atoms with Crippen LogP contribution in [0.1, 0.15) is 36.8 Å². The fourth-order valence-electron chi connectivity index (χ4n) is 2.53. The monoisotopic (exact) mass is 300 g/mol. The average molecular weight is 300 g/mol. The Morgan fingerprint density at radius 1 is 1.18 bits per heavy atom. The summed E-state index contributed by atoms with van der Waals surface area (Å²) in [6.07, 6.45) is 1.62. The second-order valence-corrected chi connectivity index (χ2v) is 5.13. The van der Waals surface area contributed by atoms with Crippen LogP contribution in [-0.2, 0) is 6.54 Å². The van der Waals surface area contributed by atoms with Crippen LogP contribution in [0.2, 0.25) is 0 Å². The molecule has 22 heavy (non-hydrogen) atoms. The zero-order valence-electron chi connectivity index (χ0n) is 13.8. The van der Waals surface area contributed by atoms with Crippen LogP contribution < -0.4 is 10.2 Å². The molecule has 0 unspecified atom stereocenters. The van der Waals surface area contributed by atoms with Crippen molar-refractivity contribution in [3.63, 3.8) is 0 Å². The van der Waals surface area contributed by atoms with Gasteiger partial charge in [-0.25, -0.2) is 0 Å². The lowest BCUT2D eigenvalue weighted by Crippen LogP contribution is -2.21. The van der Waals surface area contributed by atoms with Gasteiger partial charge in [0.25, 0.3) is 5.91 Å². The first-order chi connectivity index (χ1) is 10.6. The molecule has 1 aromatic carbocycles. The number of hydrogen-bond donors (Lipinski definition) is 1. The number of nitrogens with one attached hydrogen (secondary N) is 1. The lowest BCUT2D eigenvalue weighted by Gasteiger charge is -2.21. The van der Waals surface area contributed by atoms with Crippen LogP contribution in [-0.4, -0.2) is 28.8 Å². The Morgan fingerprint density at radius 3 is 2.32 bits per heavy atom. The molecule has 0 spiro atoms. The van der Waals surface area contributed by atoms with Crippen LogP contribution in [0.3, 0.4) is 0 Å². The van der Waals surface area contributed by atoms with E-state index in [1.54, 1.807) is 6.20 Å². The van der Waals surface area contributed by atoms with Gasteiger partial charge in [-0.2, -0.15) is 5.10 Å². The number of amides is 1. The van der Waals surface area contributed by atoms with Crippen molar-refractivity contribution < 1.29 is 4.79 Å². The number of rotatable bonds is 6. The molecular formula is C17H24N4O. The van der Waals surface area contributed by atoms with E-state index in [0.29, 0.717) is 5.56 Å². The van der Waals surface area contributed by atoms with Crippen molar-refractivity contribution in [1.82, 2.24) is 9.78 Å². The van der Waals surface area contributed by atoms with Gasteiger partial charge >= 0.3 is 0 Å². The van der Waals surface area contributed by atoms with E-state index in [9.17, 15) is 4.79 Å². The molecule has 2 rings (SSSR count). The molecule has 0 atom stereocenters. The summed E-state index contributed by atoms with van der Waals surface area (Å²) in [6, 6.07) is 7.94. The Labute approximate surface area is 131 Å². The highest BCUT2D eigenvalue weighted by molar-refractivity contribution is 6.04. The third-order valence-corrected chi connectivity index (χ3v) is 3.90. The van der Waals surface area contributed by atoms with E-state index < -0.39 is 0 Å². The van der Waals surface area contributed by atoms with Crippen molar-refractivity contribution in [2.45, 2.75) is 34.2 Å². The summed E-state index contributed by atoms with van der Waals surface area (Å²) in [5, 5.41) is 7.13. The third kappa shape index (κ3) is 3.30. The summed E-state index contributed by atoms with van der Waals surface area (Å²) in [6.45, 7) is 10.9. The molecule has 1 amide bonds. The molecule has 0 radical (unpaired) electrons. The number of carbonyl (C=O) groups is 1. The molecule has 0 aliphatic carbocycles. The Bertz CT molecular complexity index is 627. The minimum Gasteiger partial charge on any atom is -0.372 e. The largest absolute Gasteiger partial charge is 0.372 e. The smallest absolute Gasteiger partial charge is 0.259 e. The van der Waals surface area contributed by atoms with Crippen LogP contribution in [0.4, 0.5) is 11.4 Å². The van der Waals surface area contributed by atoms with Crippen molar-refractivity contribution in [2.24, 2.45) is 0 Å². The minimum absolute atomic E-state index is 0.118. The first kappa shape index (κ1) is 16.1. The summed E-state index contributed by atoms with van der Waals surface area (Å²) in [7, 11) is 0. The van der Waals surface area contributed by atoms with Gasteiger partial charge in [0.1, 0.15) is 0 Å². The maximum absolute atomic E-state index is 12.3. The lowest BCUT2D eigenvalue weighted by atomic mass is 10.2. The van der Waals surface area contributed by atoms with Crippen LogP contribution in [0, 0.1) is 6.92 Å². The second-order valence-electron chi connectivity index (χ2n) is 5.13. The number of benzene rings is 1. The van der Waals surface area contributed by atoms with Gasteiger partial charge in [-0.3, -0.25) is 9.48 Å². The molecule has 0 fully saturated rings. The summed E-state index contributed by atoms with van der Waals surface area (Å²) in [4.78, 5) is 14.6. The van der Waals surface area contributed by atoms with Gasteiger partial charge in [0.05, 0.1) is 11.8 Å². The molecule has 1 N–H and O–H groups in total. The molecule has 5 heteroatoms. The fraction of sp³-hybridized carbons (Fsp3) is 0.412. The summed E-state index contributed by atoms with van der Waals surface area (Å²) in [5.74, 6) is -0.118. The normalized spacial score (nSPS) is 10.5. The zero-order chi connectivity index (χ0) is 16.1. The third-order valence-electron chi connectivity index (χ3n) is 3.90. The highest BCUT2D eigenvalue weighted by Crippen LogP contribution is 2.18. The van der Waals surface area contributed by atoms with E-state index in [1.807, 2.05) is 42.8 Å². The first-order valence-electron chi connectivity index (χ1n) is 7.79. The van der Waals surface area contributed by atoms with E-state index in [-0.39, 0.29) is 5.91 Å². The Hall–Kier alpha value is -2.30. The Kier molecular flexibility index (Phi) is 5.20. The molecule has 0 saturated carbocycles. The van der Waals surface area contributed by atoms with Crippen LogP contribution >= 0.6 is 0 Å². The second kappa shape index (κ2) is 7.11. The van der Waals surface area contributed by atoms with E-state index in [4.69, 9.17) is 0 Å². The summed E-state index contributed by atoms with van der Waals surface area (Å²) in [5.41, 5.74) is 3.47. The summed E-state index contributed by atoms with van der Waals surface area (Å²) < 4.78 is 1.82. The highest BCUT2D eigenvalue weighted by atomic mass is 16.1. The van der Waals surface area contributed by atoms with Gasteiger partial charge in [0, 0.05) is 36.7 Å². The quantitative estimate of drug-likeness (QED) is 0.890. The average Bonchev–Trinajstić information content (AvgIpc) is 2.91. The van der Waals surface area contributed by atoms with Gasteiger partial charge in [-0.1, -0.05) is 0 Å². The number of hydrogen-bond acceptors (Lipinski definition) is 3. The first-order valence-corrected chi connectivity index (χ1v) is 7.79. The van der Waals surface area contributed by atoms with Crippen LogP contribution in [0.15, 0.2) is 30.5 Å². The van der Waals surface area contributed by atoms with Crippen molar-refractivity contribution in [1.29, 1.82) is 0 Å². The molecule has 0 saturated heterocycles. The molecule has 2 aromatic rings. The van der Waals surface area contributed by atoms with E-state index in [0.717, 1.165) is 36.7 Å². The van der Waals surface area contributed by atoms with E-state index in [2.05, 4.69) is 29.2 Å². The van der Waals surface area contributed by atoms with Crippen molar-refractivity contribution in [3.8, 4) is 0 Å². The van der Waals surface area contributed by atoms with Gasteiger partial charge in [0.15, 0.2) is 0 Å².